The number of nitrogens with one attached hydrogen (secondary N) is 1. The van der Waals surface area contributed by atoms with Crippen LogP contribution in [0.3, 0.4) is 0 Å². The summed E-state index contributed by atoms with van der Waals surface area (Å²) in [6.45, 7) is 7.16. The van der Waals surface area contributed by atoms with Gasteiger partial charge in [-0.3, -0.25) is 0 Å². The van der Waals surface area contributed by atoms with Gasteiger partial charge in [0.25, 0.3) is 0 Å². The van der Waals surface area contributed by atoms with E-state index in [0.717, 1.165) is 0 Å². The SMILES string of the molecule is CCC(NC(=O)OC(C)(C)C)[C@H](O)c1nc2ncccc2o1. The number of hydrogen-bond donors (Lipinski definition) is 2. The average molecular weight is 307 g/mol. The third-order valence-corrected chi connectivity index (χ3v) is 2.96. The van der Waals surface area contributed by atoms with Crippen molar-refractivity contribution >= 4 is 17.3 Å². The number of nitrogens with zero attached hydrogens (tertiary/aromatic N) is 2. The fourth-order valence-electron chi connectivity index (χ4n) is 1.95. The number of aromatic nitrogens is 2. The molecule has 7 heteroatoms. The zero-order valence-electron chi connectivity index (χ0n) is 13.2. The van der Waals surface area contributed by atoms with Crippen LogP contribution in [0.5, 0.6) is 0 Å². The van der Waals surface area contributed by atoms with Crippen LogP contribution in [0.15, 0.2) is 22.7 Å². The number of carbonyl (C=O) groups is 1. The summed E-state index contributed by atoms with van der Waals surface area (Å²) in [7, 11) is 0. The second kappa shape index (κ2) is 6.31. The highest BCUT2D eigenvalue weighted by Gasteiger charge is 2.28. The van der Waals surface area contributed by atoms with Gasteiger partial charge < -0.3 is 19.6 Å². The molecule has 0 aliphatic heterocycles. The minimum atomic E-state index is -1.08. The lowest BCUT2D eigenvalue weighted by molar-refractivity contribution is 0.0387. The monoisotopic (exact) mass is 307 g/mol. The average Bonchev–Trinajstić information content (AvgIpc) is 2.86. The number of oxazole rings is 1. The summed E-state index contributed by atoms with van der Waals surface area (Å²) in [4.78, 5) is 20.0. The number of hydrogen-bond acceptors (Lipinski definition) is 6. The van der Waals surface area contributed by atoms with E-state index >= 15 is 0 Å². The lowest BCUT2D eigenvalue weighted by atomic mass is 10.1. The van der Waals surface area contributed by atoms with Crippen LogP contribution in [0, 0.1) is 0 Å². The topological polar surface area (TPSA) is 97.5 Å². The van der Waals surface area contributed by atoms with Crippen LogP contribution in [0.4, 0.5) is 4.79 Å². The van der Waals surface area contributed by atoms with Gasteiger partial charge in [-0.2, -0.15) is 4.98 Å². The third-order valence-electron chi connectivity index (χ3n) is 2.96. The highest BCUT2D eigenvalue weighted by molar-refractivity contribution is 5.68. The second-order valence-electron chi connectivity index (χ2n) is 5.98. The molecule has 7 nitrogen and oxygen atoms in total. The third kappa shape index (κ3) is 3.94. The van der Waals surface area contributed by atoms with E-state index in [4.69, 9.17) is 9.15 Å². The second-order valence-corrected chi connectivity index (χ2v) is 5.98. The van der Waals surface area contributed by atoms with E-state index in [0.29, 0.717) is 17.7 Å². The molecule has 2 aromatic heterocycles. The molecule has 0 fully saturated rings. The molecule has 2 aromatic rings. The van der Waals surface area contributed by atoms with Gasteiger partial charge in [0.05, 0.1) is 6.04 Å². The van der Waals surface area contributed by atoms with E-state index in [1.165, 1.54) is 0 Å². The van der Waals surface area contributed by atoms with Crippen LogP contribution >= 0.6 is 0 Å². The Labute approximate surface area is 128 Å². The van der Waals surface area contributed by atoms with Crippen LogP contribution in [0.1, 0.15) is 46.1 Å². The molecule has 120 valence electrons. The molecular weight excluding hydrogens is 286 g/mol. The first-order valence-electron chi connectivity index (χ1n) is 7.19. The maximum atomic E-state index is 11.8. The predicted octanol–water partition coefficient (Wildman–Crippen LogP) is 2.56. The molecule has 0 aliphatic rings. The number of aliphatic hydroxyl groups excluding tert-OH is 1. The van der Waals surface area contributed by atoms with Crippen molar-refractivity contribution in [3.8, 4) is 0 Å². The highest BCUT2D eigenvalue weighted by Crippen LogP contribution is 2.22. The number of alkyl carbamates (subject to hydrolysis) is 1. The molecule has 0 saturated carbocycles. The number of fused-ring (bicyclic) bond motifs is 1. The molecule has 0 radical (unpaired) electrons. The molecule has 1 amide bonds. The molecular formula is C15H21N3O4. The lowest BCUT2D eigenvalue weighted by Gasteiger charge is -2.24. The van der Waals surface area contributed by atoms with Crippen molar-refractivity contribution in [3.05, 3.63) is 24.2 Å². The van der Waals surface area contributed by atoms with Gasteiger partial charge >= 0.3 is 6.09 Å². The Bertz CT molecular complexity index is 615. The maximum absolute atomic E-state index is 11.8. The smallest absolute Gasteiger partial charge is 0.407 e. The van der Waals surface area contributed by atoms with Crippen LogP contribution in [-0.4, -0.2) is 32.8 Å². The minimum absolute atomic E-state index is 0.122. The first-order chi connectivity index (χ1) is 10.3. The summed E-state index contributed by atoms with van der Waals surface area (Å²) in [6, 6.07) is 2.87. The van der Waals surface area contributed by atoms with Crippen molar-refractivity contribution < 1.29 is 19.1 Å². The summed E-state index contributed by atoms with van der Waals surface area (Å²) in [5.74, 6) is 0.122. The van der Waals surface area contributed by atoms with Crippen LogP contribution in [-0.2, 0) is 4.74 Å². The molecule has 2 rings (SSSR count). The minimum Gasteiger partial charge on any atom is -0.444 e. The summed E-state index contributed by atoms with van der Waals surface area (Å²) >= 11 is 0. The van der Waals surface area contributed by atoms with Crippen molar-refractivity contribution in [1.29, 1.82) is 0 Å². The van der Waals surface area contributed by atoms with Gasteiger partial charge in [0, 0.05) is 6.20 Å². The molecule has 0 spiro atoms. The van der Waals surface area contributed by atoms with E-state index in [2.05, 4.69) is 15.3 Å². The Hall–Kier alpha value is -2.15. The summed E-state index contributed by atoms with van der Waals surface area (Å²) in [5.41, 5.74) is 0.307. The fraction of sp³-hybridized carbons (Fsp3) is 0.533. The quantitative estimate of drug-likeness (QED) is 0.901. The first kappa shape index (κ1) is 16.2. The van der Waals surface area contributed by atoms with E-state index in [9.17, 15) is 9.90 Å². The number of rotatable bonds is 4. The van der Waals surface area contributed by atoms with Gasteiger partial charge in [-0.15, -0.1) is 0 Å². The number of aliphatic hydroxyl groups is 1. The van der Waals surface area contributed by atoms with Crippen LogP contribution in [0.25, 0.3) is 11.2 Å². The largest absolute Gasteiger partial charge is 0.444 e. The summed E-state index contributed by atoms with van der Waals surface area (Å²) in [5, 5.41) is 13.0. The van der Waals surface area contributed by atoms with Gasteiger partial charge in [0.2, 0.25) is 5.89 Å². The molecule has 0 saturated heterocycles. The Kier molecular flexibility index (Phi) is 4.65. The number of amides is 1. The van der Waals surface area contributed by atoms with Gasteiger partial charge in [-0.05, 0) is 39.3 Å². The molecule has 1 unspecified atom stereocenters. The Morgan fingerprint density at radius 3 is 2.82 bits per heavy atom. The maximum Gasteiger partial charge on any atom is 0.407 e. The van der Waals surface area contributed by atoms with Gasteiger partial charge in [-0.1, -0.05) is 6.92 Å². The fourth-order valence-corrected chi connectivity index (χ4v) is 1.95. The Balaban J connectivity index is 2.11. The summed E-state index contributed by atoms with van der Waals surface area (Å²) in [6.07, 6.45) is 0.420. The normalized spacial score (nSPS) is 14.6. The van der Waals surface area contributed by atoms with Crippen molar-refractivity contribution in [2.45, 2.75) is 51.9 Å². The van der Waals surface area contributed by atoms with Gasteiger partial charge in [0.15, 0.2) is 17.3 Å². The number of pyridine rings is 1. The van der Waals surface area contributed by atoms with Crippen LogP contribution in [0.2, 0.25) is 0 Å². The Morgan fingerprint density at radius 2 is 2.23 bits per heavy atom. The van der Waals surface area contributed by atoms with Crippen molar-refractivity contribution in [1.82, 2.24) is 15.3 Å². The Morgan fingerprint density at radius 1 is 1.50 bits per heavy atom. The van der Waals surface area contributed by atoms with Crippen molar-refractivity contribution in [2.75, 3.05) is 0 Å². The van der Waals surface area contributed by atoms with E-state index in [1.807, 2.05) is 6.92 Å². The van der Waals surface area contributed by atoms with Crippen LogP contribution < -0.4 is 5.32 Å². The van der Waals surface area contributed by atoms with E-state index in [1.54, 1.807) is 39.1 Å². The molecule has 2 N–H and O–H groups in total. The van der Waals surface area contributed by atoms with E-state index in [-0.39, 0.29) is 5.89 Å². The van der Waals surface area contributed by atoms with Gasteiger partial charge in [-0.25, -0.2) is 9.78 Å². The van der Waals surface area contributed by atoms with Crippen molar-refractivity contribution in [3.63, 3.8) is 0 Å². The lowest BCUT2D eigenvalue weighted by Crippen LogP contribution is -2.42. The standard InChI is InChI=1S/C15H21N3O4/c1-5-9(17-14(20)22-15(2,3)4)11(19)13-18-12-10(21-13)7-6-8-16-12/h6-9,11,19H,5H2,1-4H3,(H,17,20)/t9?,11-/m0/s1. The predicted molar refractivity (Wildman–Crippen MR) is 80.2 cm³/mol. The zero-order chi connectivity index (χ0) is 16.3. The molecule has 0 aromatic carbocycles. The van der Waals surface area contributed by atoms with E-state index < -0.39 is 23.8 Å². The van der Waals surface area contributed by atoms with Gasteiger partial charge in [0.1, 0.15) is 5.60 Å². The number of ether oxygens (including phenoxy) is 1. The molecule has 2 atom stereocenters. The molecule has 2 heterocycles. The first-order valence-corrected chi connectivity index (χ1v) is 7.19. The highest BCUT2D eigenvalue weighted by atomic mass is 16.6. The molecule has 0 aliphatic carbocycles. The zero-order valence-corrected chi connectivity index (χ0v) is 13.2. The number of carbonyl (C=O) groups excluding carboxylic acids is 1. The van der Waals surface area contributed by atoms with Crippen molar-refractivity contribution in [2.24, 2.45) is 0 Å². The summed E-state index contributed by atoms with van der Waals surface area (Å²) < 4.78 is 10.7. The molecule has 0 bridgehead atoms. The molecule has 22 heavy (non-hydrogen) atoms.